The van der Waals surface area contributed by atoms with Gasteiger partial charge >= 0.3 is 0 Å². The van der Waals surface area contributed by atoms with E-state index in [1.807, 2.05) is 0 Å². The number of anilines is 1. The number of rotatable bonds is 9. The monoisotopic (exact) mass is 277 g/mol. The topological polar surface area (TPSA) is 44.4 Å². The second-order valence-electron chi connectivity index (χ2n) is 4.94. The zero-order valence-corrected chi connectivity index (χ0v) is 12.9. The Balaban J connectivity index is 2.64. The van der Waals surface area contributed by atoms with Gasteiger partial charge in [-0.05, 0) is 37.1 Å². The Morgan fingerprint density at radius 3 is 2.40 bits per heavy atom. The number of hydrogen-bond acceptors (Lipinski definition) is 3. The molecule has 0 aliphatic rings. The molecule has 0 aliphatic carbocycles. The Morgan fingerprint density at radius 2 is 1.85 bits per heavy atom. The van der Waals surface area contributed by atoms with Crippen molar-refractivity contribution in [3.05, 3.63) is 29.8 Å². The Kier molecular flexibility index (Phi) is 7.73. The molecule has 0 atom stereocenters. The lowest BCUT2D eigenvalue weighted by molar-refractivity contribution is -0.119. The molecule has 1 rings (SSSR count). The number of nitrogens with zero attached hydrogens (tertiary/aromatic N) is 1. The summed E-state index contributed by atoms with van der Waals surface area (Å²) >= 11 is 0. The van der Waals surface area contributed by atoms with Gasteiger partial charge in [-0.2, -0.15) is 0 Å². The molecular formula is C16H27N3O. The zero-order chi connectivity index (χ0) is 14.8. The van der Waals surface area contributed by atoms with Crippen LogP contribution in [0.2, 0.25) is 0 Å². The SMILES string of the molecule is CCCNCc1ccc(N(CCC)CC(=O)NC)cc1. The molecule has 0 spiro atoms. The Morgan fingerprint density at radius 1 is 1.15 bits per heavy atom. The highest BCUT2D eigenvalue weighted by atomic mass is 16.1. The van der Waals surface area contributed by atoms with E-state index in [2.05, 4.69) is 53.6 Å². The van der Waals surface area contributed by atoms with Crippen molar-refractivity contribution in [3.8, 4) is 0 Å². The van der Waals surface area contributed by atoms with Gasteiger partial charge in [-0.15, -0.1) is 0 Å². The predicted molar refractivity (Wildman–Crippen MR) is 85.0 cm³/mol. The van der Waals surface area contributed by atoms with Crippen LogP contribution in [0.4, 0.5) is 5.69 Å². The molecule has 1 amide bonds. The molecular weight excluding hydrogens is 250 g/mol. The summed E-state index contributed by atoms with van der Waals surface area (Å²) in [6, 6.07) is 8.46. The summed E-state index contributed by atoms with van der Waals surface area (Å²) in [5, 5.41) is 6.07. The van der Waals surface area contributed by atoms with Gasteiger partial charge in [0.15, 0.2) is 0 Å². The van der Waals surface area contributed by atoms with Gasteiger partial charge in [-0.1, -0.05) is 26.0 Å². The first-order valence-electron chi connectivity index (χ1n) is 7.46. The van der Waals surface area contributed by atoms with Crippen LogP contribution in [-0.2, 0) is 11.3 Å². The smallest absolute Gasteiger partial charge is 0.239 e. The molecule has 1 aromatic carbocycles. The zero-order valence-electron chi connectivity index (χ0n) is 12.9. The van der Waals surface area contributed by atoms with E-state index in [4.69, 9.17) is 0 Å². The van der Waals surface area contributed by atoms with E-state index in [0.717, 1.165) is 38.2 Å². The molecule has 0 saturated heterocycles. The van der Waals surface area contributed by atoms with Crippen molar-refractivity contribution in [2.45, 2.75) is 33.2 Å². The highest BCUT2D eigenvalue weighted by Gasteiger charge is 2.09. The van der Waals surface area contributed by atoms with Crippen LogP contribution in [0, 0.1) is 0 Å². The van der Waals surface area contributed by atoms with E-state index in [-0.39, 0.29) is 5.91 Å². The van der Waals surface area contributed by atoms with E-state index in [0.29, 0.717) is 6.54 Å². The maximum Gasteiger partial charge on any atom is 0.239 e. The fourth-order valence-electron chi connectivity index (χ4n) is 2.06. The Hall–Kier alpha value is -1.55. The van der Waals surface area contributed by atoms with Crippen LogP contribution < -0.4 is 15.5 Å². The lowest BCUT2D eigenvalue weighted by atomic mass is 10.2. The van der Waals surface area contributed by atoms with E-state index < -0.39 is 0 Å². The fourth-order valence-corrected chi connectivity index (χ4v) is 2.06. The van der Waals surface area contributed by atoms with E-state index in [1.54, 1.807) is 7.05 Å². The van der Waals surface area contributed by atoms with Crippen molar-refractivity contribution in [2.24, 2.45) is 0 Å². The minimum atomic E-state index is 0.0483. The highest BCUT2D eigenvalue weighted by Crippen LogP contribution is 2.15. The summed E-state index contributed by atoms with van der Waals surface area (Å²) < 4.78 is 0. The van der Waals surface area contributed by atoms with Crippen molar-refractivity contribution in [2.75, 3.05) is 31.6 Å². The average Bonchev–Trinajstić information content (AvgIpc) is 2.47. The molecule has 20 heavy (non-hydrogen) atoms. The third-order valence-electron chi connectivity index (χ3n) is 3.16. The quantitative estimate of drug-likeness (QED) is 0.680. The summed E-state index contributed by atoms with van der Waals surface area (Å²) in [6.45, 7) is 7.54. The van der Waals surface area contributed by atoms with E-state index >= 15 is 0 Å². The van der Waals surface area contributed by atoms with Crippen LogP contribution in [0.15, 0.2) is 24.3 Å². The number of carbonyl (C=O) groups excluding carboxylic acids is 1. The molecule has 0 unspecified atom stereocenters. The van der Waals surface area contributed by atoms with Gasteiger partial charge in [0, 0.05) is 25.8 Å². The number of amides is 1. The third-order valence-corrected chi connectivity index (χ3v) is 3.16. The third kappa shape index (κ3) is 5.61. The van der Waals surface area contributed by atoms with Gasteiger partial charge in [0.2, 0.25) is 5.91 Å². The van der Waals surface area contributed by atoms with Crippen molar-refractivity contribution < 1.29 is 4.79 Å². The molecule has 0 heterocycles. The van der Waals surface area contributed by atoms with Gasteiger partial charge in [0.1, 0.15) is 0 Å². The molecule has 0 aromatic heterocycles. The van der Waals surface area contributed by atoms with Crippen LogP contribution in [0.1, 0.15) is 32.3 Å². The van der Waals surface area contributed by atoms with Crippen molar-refractivity contribution >= 4 is 11.6 Å². The number of nitrogens with one attached hydrogen (secondary N) is 2. The van der Waals surface area contributed by atoms with Gasteiger partial charge in [0.25, 0.3) is 0 Å². The van der Waals surface area contributed by atoms with Crippen LogP contribution in [0.5, 0.6) is 0 Å². The Bertz CT molecular complexity index is 389. The number of carbonyl (C=O) groups is 1. The predicted octanol–water partition coefficient (Wildman–Crippen LogP) is 2.15. The number of likely N-dealkylation sites (N-methyl/N-ethyl adjacent to an activating group) is 1. The molecule has 2 N–H and O–H groups in total. The first-order valence-corrected chi connectivity index (χ1v) is 7.46. The van der Waals surface area contributed by atoms with Crippen LogP contribution in [0.3, 0.4) is 0 Å². The van der Waals surface area contributed by atoms with Gasteiger partial charge in [-0.3, -0.25) is 4.79 Å². The fraction of sp³-hybridized carbons (Fsp3) is 0.562. The second kappa shape index (κ2) is 9.37. The largest absolute Gasteiger partial charge is 0.362 e. The van der Waals surface area contributed by atoms with Crippen molar-refractivity contribution in [1.82, 2.24) is 10.6 Å². The summed E-state index contributed by atoms with van der Waals surface area (Å²) in [7, 11) is 1.68. The number of benzene rings is 1. The molecule has 4 nitrogen and oxygen atoms in total. The number of hydrogen-bond donors (Lipinski definition) is 2. The standard InChI is InChI=1S/C16H27N3O/c1-4-10-18-12-14-6-8-15(9-7-14)19(11-5-2)13-16(20)17-3/h6-9,18H,4-5,10-13H2,1-3H3,(H,17,20). The minimum absolute atomic E-state index is 0.0483. The summed E-state index contributed by atoms with van der Waals surface area (Å²) in [6.07, 6.45) is 2.17. The van der Waals surface area contributed by atoms with Gasteiger partial charge in [-0.25, -0.2) is 0 Å². The average molecular weight is 277 g/mol. The highest BCUT2D eigenvalue weighted by molar-refractivity contribution is 5.81. The van der Waals surface area contributed by atoms with Crippen molar-refractivity contribution in [1.29, 1.82) is 0 Å². The maximum atomic E-state index is 11.5. The normalized spacial score (nSPS) is 10.3. The van der Waals surface area contributed by atoms with E-state index in [1.165, 1.54) is 5.56 Å². The molecule has 0 fully saturated rings. The second-order valence-corrected chi connectivity index (χ2v) is 4.94. The Labute approximate surface area is 122 Å². The molecule has 112 valence electrons. The minimum Gasteiger partial charge on any atom is -0.362 e. The molecule has 4 heteroatoms. The molecule has 1 aromatic rings. The molecule has 0 saturated carbocycles. The van der Waals surface area contributed by atoms with Crippen molar-refractivity contribution in [3.63, 3.8) is 0 Å². The molecule has 0 radical (unpaired) electrons. The lowest BCUT2D eigenvalue weighted by Crippen LogP contribution is -2.36. The first kappa shape index (κ1) is 16.5. The van der Waals surface area contributed by atoms with Gasteiger partial charge < -0.3 is 15.5 Å². The first-order chi connectivity index (χ1) is 9.71. The maximum absolute atomic E-state index is 11.5. The van der Waals surface area contributed by atoms with Crippen LogP contribution in [-0.4, -0.2) is 32.6 Å². The van der Waals surface area contributed by atoms with Crippen LogP contribution in [0.25, 0.3) is 0 Å². The summed E-state index contributed by atoms with van der Waals surface area (Å²) in [4.78, 5) is 13.7. The lowest BCUT2D eigenvalue weighted by Gasteiger charge is -2.23. The molecule has 0 aliphatic heterocycles. The van der Waals surface area contributed by atoms with E-state index in [9.17, 15) is 4.79 Å². The van der Waals surface area contributed by atoms with Gasteiger partial charge in [0.05, 0.1) is 6.54 Å². The molecule has 0 bridgehead atoms. The summed E-state index contributed by atoms with van der Waals surface area (Å²) in [5.74, 6) is 0.0483. The van der Waals surface area contributed by atoms with Crippen LogP contribution >= 0.6 is 0 Å². The summed E-state index contributed by atoms with van der Waals surface area (Å²) in [5.41, 5.74) is 2.38.